The Kier molecular flexibility index (Phi) is 5.02. The topological polar surface area (TPSA) is 68.5 Å². The minimum Gasteiger partial charge on any atom is -0.377 e. The SMILES string of the molecule is CCc1ccc(CCC(=O)N2CCOC[C@H]2c2ncon2)cc1. The third-order valence-corrected chi connectivity index (χ3v) is 4.18. The first-order valence-electron chi connectivity index (χ1n) is 7.99. The predicted molar refractivity (Wildman–Crippen MR) is 83.7 cm³/mol. The van der Waals surface area contributed by atoms with Crippen molar-refractivity contribution in [1.82, 2.24) is 15.0 Å². The van der Waals surface area contributed by atoms with E-state index in [2.05, 4.69) is 41.3 Å². The van der Waals surface area contributed by atoms with Crippen LogP contribution in [-0.2, 0) is 22.4 Å². The Morgan fingerprint density at radius 1 is 1.30 bits per heavy atom. The lowest BCUT2D eigenvalue weighted by molar-refractivity contribution is -0.140. The molecule has 0 unspecified atom stereocenters. The molecule has 1 fully saturated rings. The van der Waals surface area contributed by atoms with Crippen molar-refractivity contribution in [2.45, 2.75) is 32.2 Å². The summed E-state index contributed by atoms with van der Waals surface area (Å²) in [6.07, 6.45) is 3.51. The highest BCUT2D eigenvalue weighted by Crippen LogP contribution is 2.22. The molecule has 1 aromatic carbocycles. The number of ether oxygens (including phenoxy) is 1. The molecule has 1 aliphatic heterocycles. The van der Waals surface area contributed by atoms with Gasteiger partial charge in [0.05, 0.1) is 13.2 Å². The van der Waals surface area contributed by atoms with Crippen LogP contribution in [0.3, 0.4) is 0 Å². The van der Waals surface area contributed by atoms with Crippen LogP contribution >= 0.6 is 0 Å². The molecule has 0 saturated carbocycles. The molecule has 1 amide bonds. The van der Waals surface area contributed by atoms with E-state index in [1.165, 1.54) is 17.5 Å². The Morgan fingerprint density at radius 3 is 2.78 bits per heavy atom. The van der Waals surface area contributed by atoms with Gasteiger partial charge in [0.1, 0.15) is 6.04 Å². The van der Waals surface area contributed by atoms with Crippen LogP contribution < -0.4 is 0 Å². The van der Waals surface area contributed by atoms with Crippen molar-refractivity contribution in [2.75, 3.05) is 19.8 Å². The van der Waals surface area contributed by atoms with Gasteiger partial charge >= 0.3 is 0 Å². The van der Waals surface area contributed by atoms with Crippen molar-refractivity contribution in [2.24, 2.45) is 0 Å². The summed E-state index contributed by atoms with van der Waals surface area (Å²) in [6, 6.07) is 8.19. The van der Waals surface area contributed by atoms with Crippen molar-refractivity contribution in [3.8, 4) is 0 Å². The lowest BCUT2D eigenvalue weighted by Gasteiger charge is -2.33. The minimum atomic E-state index is -0.252. The lowest BCUT2D eigenvalue weighted by Crippen LogP contribution is -2.43. The molecule has 0 radical (unpaired) electrons. The molecule has 0 bridgehead atoms. The summed E-state index contributed by atoms with van der Waals surface area (Å²) in [7, 11) is 0. The van der Waals surface area contributed by atoms with Crippen LogP contribution in [0.5, 0.6) is 0 Å². The molecule has 0 spiro atoms. The molecule has 6 nitrogen and oxygen atoms in total. The Labute approximate surface area is 135 Å². The van der Waals surface area contributed by atoms with Crippen LogP contribution in [0.2, 0.25) is 0 Å². The molecular formula is C17H21N3O3. The molecule has 1 saturated heterocycles. The number of rotatable bonds is 5. The molecule has 6 heteroatoms. The number of nitrogens with zero attached hydrogens (tertiary/aromatic N) is 3. The highest BCUT2D eigenvalue weighted by molar-refractivity contribution is 5.77. The molecule has 0 aliphatic carbocycles. The quantitative estimate of drug-likeness (QED) is 0.846. The number of aryl methyl sites for hydroxylation is 2. The normalized spacial score (nSPS) is 18.1. The van der Waals surface area contributed by atoms with Gasteiger partial charge < -0.3 is 14.2 Å². The average molecular weight is 315 g/mol. The zero-order chi connectivity index (χ0) is 16.1. The van der Waals surface area contributed by atoms with Crippen molar-refractivity contribution in [3.63, 3.8) is 0 Å². The summed E-state index contributed by atoms with van der Waals surface area (Å²) in [5, 5.41) is 3.85. The number of aromatic nitrogens is 2. The summed E-state index contributed by atoms with van der Waals surface area (Å²) in [5.74, 6) is 0.605. The maximum Gasteiger partial charge on any atom is 0.223 e. The highest BCUT2D eigenvalue weighted by Gasteiger charge is 2.31. The predicted octanol–water partition coefficient (Wildman–Crippen LogP) is 2.16. The summed E-state index contributed by atoms with van der Waals surface area (Å²) < 4.78 is 10.3. The van der Waals surface area contributed by atoms with E-state index in [0.29, 0.717) is 32.0 Å². The Bertz CT molecular complexity index is 625. The molecular weight excluding hydrogens is 294 g/mol. The van der Waals surface area contributed by atoms with Crippen LogP contribution in [-0.4, -0.2) is 40.7 Å². The zero-order valence-corrected chi connectivity index (χ0v) is 13.3. The fourth-order valence-electron chi connectivity index (χ4n) is 2.78. The van der Waals surface area contributed by atoms with Gasteiger partial charge in [0.15, 0.2) is 5.82 Å². The van der Waals surface area contributed by atoms with Gasteiger partial charge in [-0.3, -0.25) is 4.79 Å². The van der Waals surface area contributed by atoms with E-state index >= 15 is 0 Å². The van der Waals surface area contributed by atoms with Gasteiger partial charge in [-0.05, 0) is 24.0 Å². The fraction of sp³-hybridized carbons (Fsp3) is 0.471. The third kappa shape index (κ3) is 3.76. The number of carbonyl (C=O) groups is 1. The molecule has 1 aromatic heterocycles. The van der Waals surface area contributed by atoms with Crippen LogP contribution in [0.25, 0.3) is 0 Å². The van der Waals surface area contributed by atoms with Crippen molar-refractivity contribution >= 4 is 5.91 Å². The van der Waals surface area contributed by atoms with Gasteiger partial charge in [0.25, 0.3) is 0 Å². The second-order valence-corrected chi connectivity index (χ2v) is 5.64. The number of morpholine rings is 1. The third-order valence-electron chi connectivity index (χ3n) is 4.18. The largest absolute Gasteiger partial charge is 0.377 e. The first-order valence-corrected chi connectivity index (χ1v) is 7.99. The van der Waals surface area contributed by atoms with E-state index in [9.17, 15) is 4.79 Å². The highest BCUT2D eigenvalue weighted by atomic mass is 16.5. The minimum absolute atomic E-state index is 0.0997. The molecule has 122 valence electrons. The van der Waals surface area contributed by atoms with E-state index < -0.39 is 0 Å². The standard InChI is InChI=1S/C17H21N3O3/c1-2-13-3-5-14(6-4-13)7-8-16(21)20-9-10-22-11-15(20)17-18-12-23-19-17/h3-6,12,15H,2,7-11H2,1H3/t15-/m0/s1. The van der Waals surface area contributed by atoms with E-state index in [0.717, 1.165) is 12.8 Å². The van der Waals surface area contributed by atoms with Crippen LogP contribution in [0.4, 0.5) is 0 Å². The maximum absolute atomic E-state index is 12.6. The van der Waals surface area contributed by atoms with Crippen molar-refractivity contribution < 1.29 is 14.1 Å². The number of amides is 1. The van der Waals surface area contributed by atoms with E-state index in [-0.39, 0.29) is 11.9 Å². The molecule has 2 aromatic rings. The van der Waals surface area contributed by atoms with Gasteiger partial charge in [0.2, 0.25) is 12.3 Å². The van der Waals surface area contributed by atoms with Gasteiger partial charge in [-0.2, -0.15) is 4.98 Å². The summed E-state index contributed by atoms with van der Waals surface area (Å²) in [6.45, 7) is 3.66. The summed E-state index contributed by atoms with van der Waals surface area (Å²) in [5.41, 5.74) is 2.49. The Balaban J connectivity index is 1.61. The molecule has 2 heterocycles. The monoisotopic (exact) mass is 315 g/mol. The van der Waals surface area contributed by atoms with E-state index in [1.54, 1.807) is 4.90 Å². The first kappa shape index (κ1) is 15.7. The molecule has 0 N–H and O–H groups in total. The Hall–Kier alpha value is -2.21. The first-order chi connectivity index (χ1) is 11.3. The van der Waals surface area contributed by atoms with Crippen LogP contribution in [0, 0.1) is 0 Å². The molecule has 1 aliphatic rings. The number of hydrogen-bond donors (Lipinski definition) is 0. The zero-order valence-electron chi connectivity index (χ0n) is 13.3. The average Bonchev–Trinajstić information content (AvgIpc) is 3.14. The van der Waals surface area contributed by atoms with E-state index in [4.69, 9.17) is 9.26 Å². The van der Waals surface area contributed by atoms with Gasteiger partial charge in [-0.25, -0.2) is 0 Å². The van der Waals surface area contributed by atoms with Crippen LogP contribution in [0.15, 0.2) is 35.2 Å². The Morgan fingerprint density at radius 2 is 2.09 bits per heavy atom. The van der Waals surface area contributed by atoms with Crippen LogP contribution in [0.1, 0.15) is 36.3 Å². The number of hydrogen-bond acceptors (Lipinski definition) is 5. The fourth-order valence-corrected chi connectivity index (χ4v) is 2.78. The van der Waals surface area contributed by atoms with Crippen molar-refractivity contribution in [1.29, 1.82) is 0 Å². The van der Waals surface area contributed by atoms with Crippen molar-refractivity contribution in [3.05, 3.63) is 47.6 Å². The smallest absolute Gasteiger partial charge is 0.223 e. The second-order valence-electron chi connectivity index (χ2n) is 5.64. The number of benzene rings is 1. The molecule has 3 rings (SSSR count). The van der Waals surface area contributed by atoms with E-state index in [1.807, 2.05) is 0 Å². The van der Waals surface area contributed by atoms with Gasteiger partial charge in [-0.1, -0.05) is 36.3 Å². The lowest BCUT2D eigenvalue weighted by atomic mass is 10.1. The summed E-state index contributed by atoms with van der Waals surface area (Å²) >= 11 is 0. The molecule has 1 atom stereocenters. The summed E-state index contributed by atoms with van der Waals surface area (Å²) in [4.78, 5) is 18.4. The molecule has 23 heavy (non-hydrogen) atoms. The maximum atomic E-state index is 12.6. The van der Waals surface area contributed by atoms with Gasteiger partial charge in [0, 0.05) is 13.0 Å². The van der Waals surface area contributed by atoms with Gasteiger partial charge in [-0.15, -0.1) is 0 Å². The number of carbonyl (C=O) groups excluding carboxylic acids is 1. The second kappa shape index (κ2) is 7.37.